The monoisotopic (exact) mass is 290 g/mol. The van der Waals surface area contributed by atoms with Gasteiger partial charge in [0, 0.05) is 45.1 Å². The first-order valence-corrected chi connectivity index (χ1v) is 7.53. The van der Waals surface area contributed by atoms with E-state index in [1.54, 1.807) is 11.0 Å². The highest BCUT2D eigenvalue weighted by Crippen LogP contribution is 2.40. The van der Waals surface area contributed by atoms with E-state index in [0.29, 0.717) is 18.4 Å². The Bertz CT molecular complexity index is 610. The Hall–Kier alpha value is -1.85. The van der Waals surface area contributed by atoms with Crippen molar-refractivity contribution >= 4 is 11.9 Å². The number of carbonyl (C=O) groups excluding carboxylic acids is 1. The summed E-state index contributed by atoms with van der Waals surface area (Å²) in [6.07, 6.45) is 1.91. The quantitative estimate of drug-likeness (QED) is 0.894. The molecule has 3 atom stereocenters. The Balaban J connectivity index is 1.74. The number of hydrogen-bond acceptors (Lipinski definition) is 4. The Morgan fingerprint density at radius 2 is 2.19 bits per heavy atom. The first kappa shape index (κ1) is 14.1. The summed E-state index contributed by atoms with van der Waals surface area (Å²) >= 11 is 0. The lowest BCUT2D eigenvalue weighted by molar-refractivity contribution is -0.131. The van der Waals surface area contributed by atoms with E-state index in [9.17, 15) is 9.59 Å². The van der Waals surface area contributed by atoms with Crippen LogP contribution in [0, 0.1) is 11.8 Å². The van der Waals surface area contributed by atoms with Gasteiger partial charge < -0.3 is 9.80 Å². The minimum Gasteiger partial charge on any atom is -0.348 e. The number of anilines is 1. The van der Waals surface area contributed by atoms with Crippen molar-refractivity contribution in [3.8, 4) is 0 Å². The summed E-state index contributed by atoms with van der Waals surface area (Å²) < 4.78 is 0. The van der Waals surface area contributed by atoms with Gasteiger partial charge in [0.05, 0.1) is 5.69 Å². The molecule has 2 heterocycles. The van der Waals surface area contributed by atoms with Gasteiger partial charge in [0.2, 0.25) is 11.9 Å². The first-order chi connectivity index (χ1) is 9.95. The number of rotatable bonds is 3. The van der Waals surface area contributed by atoms with Crippen LogP contribution >= 0.6 is 0 Å². The van der Waals surface area contributed by atoms with Crippen molar-refractivity contribution in [2.24, 2.45) is 11.8 Å². The molecule has 2 aliphatic rings. The van der Waals surface area contributed by atoms with Crippen LogP contribution in [0.25, 0.3) is 0 Å². The van der Waals surface area contributed by atoms with Gasteiger partial charge in [-0.2, -0.15) is 0 Å². The predicted octanol–water partition coefficient (Wildman–Crippen LogP) is 0.808. The standard InChI is InChI=1S/C15H22N4O2/c1-9-6-11(9)14(21)19-5-4-10(8-19)12-7-13(20)17-15(16-12)18(2)3/h7,9-11H,4-6,8H2,1-3H3,(H,16,17,20)/t9-,10-,11-/m1/s1. The summed E-state index contributed by atoms with van der Waals surface area (Å²) in [5, 5.41) is 0. The smallest absolute Gasteiger partial charge is 0.252 e. The van der Waals surface area contributed by atoms with E-state index in [-0.39, 0.29) is 23.3 Å². The van der Waals surface area contributed by atoms with Crippen molar-refractivity contribution in [1.29, 1.82) is 0 Å². The van der Waals surface area contributed by atoms with Crippen LogP contribution in [-0.4, -0.2) is 48.0 Å². The van der Waals surface area contributed by atoms with E-state index in [1.807, 2.05) is 19.0 Å². The maximum atomic E-state index is 12.3. The second-order valence-electron chi connectivity index (χ2n) is 6.48. The molecule has 0 spiro atoms. The third-order valence-corrected chi connectivity index (χ3v) is 4.52. The third kappa shape index (κ3) is 2.80. The van der Waals surface area contributed by atoms with Crippen LogP contribution < -0.4 is 10.5 Å². The second kappa shape index (κ2) is 5.16. The van der Waals surface area contributed by atoms with Crippen molar-refractivity contribution in [2.45, 2.75) is 25.7 Å². The number of H-pyrrole nitrogens is 1. The SMILES string of the molecule is C[C@@H]1C[C@H]1C(=O)N1CC[C@@H](c2cc(=O)[nH]c(N(C)C)n2)C1. The van der Waals surface area contributed by atoms with Gasteiger partial charge >= 0.3 is 0 Å². The van der Waals surface area contributed by atoms with Gasteiger partial charge in [-0.15, -0.1) is 0 Å². The van der Waals surface area contributed by atoms with Crippen LogP contribution in [0.3, 0.4) is 0 Å². The van der Waals surface area contributed by atoms with Crippen molar-refractivity contribution in [3.63, 3.8) is 0 Å². The highest BCUT2D eigenvalue weighted by atomic mass is 16.2. The molecule has 3 rings (SSSR count). The predicted molar refractivity (Wildman–Crippen MR) is 80.4 cm³/mol. The van der Waals surface area contributed by atoms with E-state index in [0.717, 1.165) is 25.1 Å². The highest BCUT2D eigenvalue weighted by molar-refractivity contribution is 5.82. The number of aromatic nitrogens is 2. The molecule has 2 fully saturated rings. The van der Waals surface area contributed by atoms with E-state index in [4.69, 9.17) is 0 Å². The Labute approximate surface area is 124 Å². The zero-order chi connectivity index (χ0) is 15.1. The van der Waals surface area contributed by atoms with Gasteiger partial charge in [-0.1, -0.05) is 6.92 Å². The van der Waals surface area contributed by atoms with Crippen LogP contribution in [0.5, 0.6) is 0 Å². The van der Waals surface area contributed by atoms with Crippen LogP contribution in [0.1, 0.15) is 31.4 Å². The number of nitrogens with one attached hydrogen (secondary N) is 1. The van der Waals surface area contributed by atoms with E-state index >= 15 is 0 Å². The zero-order valence-electron chi connectivity index (χ0n) is 12.8. The number of likely N-dealkylation sites (tertiary alicyclic amines) is 1. The van der Waals surface area contributed by atoms with Gasteiger partial charge in [-0.3, -0.25) is 14.6 Å². The van der Waals surface area contributed by atoms with Crippen LogP contribution in [0.4, 0.5) is 5.95 Å². The van der Waals surface area contributed by atoms with Crippen molar-refractivity contribution in [3.05, 3.63) is 22.1 Å². The molecule has 1 N–H and O–H groups in total. The maximum absolute atomic E-state index is 12.3. The van der Waals surface area contributed by atoms with Gasteiger partial charge in [-0.05, 0) is 18.8 Å². The van der Waals surface area contributed by atoms with E-state index in [1.165, 1.54) is 0 Å². The number of amides is 1. The number of hydrogen-bond donors (Lipinski definition) is 1. The van der Waals surface area contributed by atoms with E-state index in [2.05, 4.69) is 16.9 Å². The fourth-order valence-electron chi connectivity index (χ4n) is 2.99. The van der Waals surface area contributed by atoms with Crippen molar-refractivity contribution < 1.29 is 4.79 Å². The lowest BCUT2D eigenvalue weighted by Gasteiger charge is -2.17. The molecular formula is C15H22N4O2. The summed E-state index contributed by atoms with van der Waals surface area (Å²) in [5.41, 5.74) is 0.658. The number of nitrogens with zero attached hydrogens (tertiary/aromatic N) is 3. The van der Waals surface area contributed by atoms with Gasteiger partial charge in [0.15, 0.2) is 0 Å². The molecule has 0 unspecified atom stereocenters. The topological polar surface area (TPSA) is 69.3 Å². The second-order valence-corrected chi connectivity index (χ2v) is 6.48. The maximum Gasteiger partial charge on any atom is 0.252 e. The Kier molecular flexibility index (Phi) is 3.47. The van der Waals surface area contributed by atoms with Crippen molar-refractivity contribution in [2.75, 3.05) is 32.1 Å². The number of carbonyl (C=O) groups is 1. The summed E-state index contributed by atoms with van der Waals surface area (Å²) in [4.78, 5) is 35.0. The minimum absolute atomic E-state index is 0.135. The fraction of sp³-hybridized carbons (Fsp3) is 0.667. The van der Waals surface area contributed by atoms with E-state index < -0.39 is 0 Å². The molecule has 0 bridgehead atoms. The highest BCUT2D eigenvalue weighted by Gasteiger charge is 2.43. The van der Waals surface area contributed by atoms with Crippen LogP contribution in [-0.2, 0) is 4.79 Å². The zero-order valence-corrected chi connectivity index (χ0v) is 12.8. The molecule has 1 saturated carbocycles. The molecule has 6 nitrogen and oxygen atoms in total. The third-order valence-electron chi connectivity index (χ3n) is 4.52. The molecule has 1 aliphatic heterocycles. The lowest BCUT2D eigenvalue weighted by Crippen LogP contribution is -2.30. The molecule has 1 amide bonds. The largest absolute Gasteiger partial charge is 0.348 e. The molecule has 21 heavy (non-hydrogen) atoms. The Morgan fingerprint density at radius 1 is 1.48 bits per heavy atom. The molecule has 1 aromatic rings. The molecule has 114 valence electrons. The van der Waals surface area contributed by atoms with Crippen LogP contribution in [0.15, 0.2) is 10.9 Å². The minimum atomic E-state index is -0.135. The Morgan fingerprint density at radius 3 is 2.81 bits per heavy atom. The van der Waals surface area contributed by atoms with Gasteiger partial charge in [0.25, 0.3) is 5.56 Å². The molecule has 1 aromatic heterocycles. The van der Waals surface area contributed by atoms with Gasteiger partial charge in [0.1, 0.15) is 0 Å². The first-order valence-electron chi connectivity index (χ1n) is 7.53. The molecular weight excluding hydrogens is 268 g/mol. The molecule has 0 radical (unpaired) electrons. The molecule has 1 saturated heterocycles. The average molecular weight is 290 g/mol. The average Bonchev–Trinajstić information content (AvgIpc) is 2.98. The summed E-state index contributed by atoms with van der Waals surface area (Å²) in [6, 6.07) is 1.56. The summed E-state index contributed by atoms with van der Waals surface area (Å²) in [5.74, 6) is 1.78. The fourth-order valence-corrected chi connectivity index (χ4v) is 2.99. The van der Waals surface area contributed by atoms with Gasteiger partial charge in [-0.25, -0.2) is 4.98 Å². The van der Waals surface area contributed by atoms with Crippen LogP contribution in [0.2, 0.25) is 0 Å². The van der Waals surface area contributed by atoms with Crippen molar-refractivity contribution in [1.82, 2.24) is 14.9 Å². The summed E-state index contributed by atoms with van der Waals surface area (Å²) in [7, 11) is 3.70. The molecule has 0 aromatic carbocycles. The molecule has 6 heteroatoms. The summed E-state index contributed by atoms with van der Waals surface area (Å²) in [6.45, 7) is 3.58. The number of aromatic amines is 1. The lowest BCUT2D eigenvalue weighted by atomic mass is 10.1. The normalized spacial score (nSPS) is 27.8. The molecule has 1 aliphatic carbocycles.